The van der Waals surface area contributed by atoms with E-state index in [0.29, 0.717) is 0 Å². The second kappa shape index (κ2) is 8.14. The summed E-state index contributed by atoms with van der Waals surface area (Å²) in [5.74, 6) is 6.18. The van der Waals surface area contributed by atoms with Crippen LogP contribution in [0.3, 0.4) is 0 Å². The van der Waals surface area contributed by atoms with Gasteiger partial charge in [-0.3, -0.25) is 9.71 Å². The van der Waals surface area contributed by atoms with Crippen LogP contribution < -0.4 is 4.72 Å². The number of benzene rings is 1. The topological polar surface area (TPSA) is 37.8 Å². The van der Waals surface area contributed by atoms with Crippen molar-refractivity contribution in [3.8, 4) is 11.8 Å². The van der Waals surface area contributed by atoms with Crippen molar-refractivity contribution in [3.05, 3.63) is 90.0 Å². The minimum atomic E-state index is 0.771. The predicted molar refractivity (Wildman–Crippen MR) is 93.6 cm³/mol. The van der Waals surface area contributed by atoms with Gasteiger partial charge in [-0.15, -0.1) is 0 Å². The predicted octanol–water partition coefficient (Wildman–Crippen LogP) is 3.67. The molecule has 23 heavy (non-hydrogen) atoms. The lowest BCUT2D eigenvalue weighted by Crippen LogP contribution is -2.02. The number of nitrogens with zero attached hydrogens (tertiary/aromatic N) is 2. The molecule has 3 nitrogen and oxygen atoms in total. The van der Waals surface area contributed by atoms with Gasteiger partial charge in [0.05, 0.1) is 0 Å². The molecule has 0 atom stereocenters. The first-order valence-corrected chi connectivity index (χ1v) is 8.03. The Bertz CT molecular complexity index is 791. The van der Waals surface area contributed by atoms with Crippen LogP contribution in [0.25, 0.3) is 0 Å². The minimum absolute atomic E-state index is 0.771. The first-order chi connectivity index (χ1) is 11.4. The lowest BCUT2D eigenvalue weighted by Gasteiger charge is -2.03. The van der Waals surface area contributed by atoms with Crippen LogP contribution >= 0.6 is 11.9 Å². The third kappa shape index (κ3) is 4.96. The van der Waals surface area contributed by atoms with Gasteiger partial charge in [0.1, 0.15) is 5.69 Å². The number of hydrogen-bond donors (Lipinski definition) is 1. The molecule has 0 radical (unpaired) electrons. The SMILES string of the molecule is C(#Cc1ccc(SNCc2ccncc2)cn1)c1ccccc1. The van der Waals surface area contributed by atoms with Crippen LogP contribution in [0, 0.1) is 11.8 Å². The average molecular weight is 317 g/mol. The first-order valence-electron chi connectivity index (χ1n) is 7.22. The summed E-state index contributed by atoms with van der Waals surface area (Å²) in [6.07, 6.45) is 5.42. The summed E-state index contributed by atoms with van der Waals surface area (Å²) in [4.78, 5) is 9.44. The molecule has 1 aromatic carbocycles. The lowest BCUT2D eigenvalue weighted by atomic mass is 10.2. The Morgan fingerprint density at radius 3 is 2.48 bits per heavy atom. The molecule has 3 aromatic rings. The second-order valence-corrected chi connectivity index (χ2v) is 5.74. The van der Waals surface area contributed by atoms with Crippen LogP contribution in [0.4, 0.5) is 0 Å². The molecule has 2 aromatic heterocycles. The van der Waals surface area contributed by atoms with Crippen LogP contribution in [0.2, 0.25) is 0 Å². The van der Waals surface area contributed by atoms with Crippen molar-refractivity contribution in [2.45, 2.75) is 11.4 Å². The van der Waals surface area contributed by atoms with Crippen molar-refractivity contribution < 1.29 is 0 Å². The maximum absolute atomic E-state index is 4.37. The molecular weight excluding hydrogens is 302 g/mol. The van der Waals surface area contributed by atoms with Gasteiger partial charge < -0.3 is 0 Å². The van der Waals surface area contributed by atoms with Crippen molar-refractivity contribution in [1.82, 2.24) is 14.7 Å². The number of pyridine rings is 2. The van der Waals surface area contributed by atoms with Crippen LogP contribution in [0.15, 0.2) is 78.1 Å². The van der Waals surface area contributed by atoms with E-state index >= 15 is 0 Å². The van der Waals surface area contributed by atoms with E-state index < -0.39 is 0 Å². The number of hydrogen-bond acceptors (Lipinski definition) is 4. The Kier molecular flexibility index (Phi) is 5.41. The van der Waals surface area contributed by atoms with Gasteiger partial charge in [0.15, 0.2) is 0 Å². The van der Waals surface area contributed by atoms with Crippen LogP contribution in [-0.2, 0) is 6.54 Å². The summed E-state index contributed by atoms with van der Waals surface area (Å²) in [7, 11) is 0. The molecule has 4 heteroatoms. The maximum Gasteiger partial charge on any atom is 0.113 e. The van der Waals surface area contributed by atoms with Gasteiger partial charge in [-0.1, -0.05) is 24.1 Å². The van der Waals surface area contributed by atoms with E-state index in [-0.39, 0.29) is 0 Å². The largest absolute Gasteiger partial charge is 0.265 e. The number of rotatable bonds is 4. The fraction of sp³-hybridized carbons (Fsp3) is 0.0526. The molecule has 0 aliphatic rings. The summed E-state index contributed by atoms with van der Waals surface area (Å²) in [6, 6.07) is 17.9. The van der Waals surface area contributed by atoms with Gasteiger partial charge >= 0.3 is 0 Å². The molecule has 0 amide bonds. The van der Waals surface area contributed by atoms with Crippen molar-refractivity contribution in [2.75, 3.05) is 0 Å². The minimum Gasteiger partial charge on any atom is -0.265 e. The zero-order valence-electron chi connectivity index (χ0n) is 12.4. The Labute approximate surface area is 140 Å². The molecule has 0 fully saturated rings. The normalized spacial score (nSPS) is 9.91. The van der Waals surface area contributed by atoms with E-state index in [1.165, 1.54) is 5.56 Å². The van der Waals surface area contributed by atoms with Gasteiger partial charge in [-0.2, -0.15) is 0 Å². The Hall–Kier alpha value is -2.61. The van der Waals surface area contributed by atoms with E-state index in [9.17, 15) is 0 Å². The fourth-order valence-corrected chi connectivity index (χ4v) is 2.52. The molecule has 2 heterocycles. The summed E-state index contributed by atoms with van der Waals surface area (Å²) in [5, 5.41) is 0. The van der Waals surface area contributed by atoms with Crippen molar-refractivity contribution >= 4 is 11.9 Å². The van der Waals surface area contributed by atoms with Crippen molar-refractivity contribution in [1.29, 1.82) is 0 Å². The lowest BCUT2D eigenvalue weighted by molar-refractivity contribution is 0.967. The van der Waals surface area contributed by atoms with Crippen molar-refractivity contribution in [3.63, 3.8) is 0 Å². The number of nitrogens with one attached hydrogen (secondary N) is 1. The van der Waals surface area contributed by atoms with Gasteiger partial charge in [0.2, 0.25) is 0 Å². The van der Waals surface area contributed by atoms with Gasteiger partial charge in [0.25, 0.3) is 0 Å². The quantitative estimate of drug-likeness (QED) is 0.588. The van der Waals surface area contributed by atoms with Gasteiger partial charge in [-0.05, 0) is 59.8 Å². The van der Waals surface area contributed by atoms with Gasteiger partial charge in [-0.25, -0.2) is 4.98 Å². The van der Waals surface area contributed by atoms with Gasteiger partial charge in [0, 0.05) is 35.6 Å². The Morgan fingerprint density at radius 2 is 1.74 bits per heavy atom. The summed E-state index contributed by atoms with van der Waals surface area (Å²) >= 11 is 1.56. The first kappa shape index (κ1) is 15.3. The second-order valence-electron chi connectivity index (χ2n) is 4.77. The average Bonchev–Trinajstić information content (AvgIpc) is 2.63. The summed E-state index contributed by atoms with van der Waals surface area (Å²) in [5.41, 5.74) is 2.96. The van der Waals surface area contributed by atoms with Crippen molar-refractivity contribution in [2.24, 2.45) is 0 Å². The summed E-state index contributed by atoms with van der Waals surface area (Å²) in [6.45, 7) is 0.781. The van der Waals surface area contributed by atoms with E-state index in [1.54, 1.807) is 24.3 Å². The molecule has 112 valence electrons. The molecule has 3 rings (SSSR count). The molecule has 1 N–H and O–H groups in total. The zero-order valence-corrected chi connectivity index (χ0v) is 13.3. The van der Waals surface area contributed by atoms with Crippen LogP contribution in [-0.4, -0.2) is 9.97 Å². The smallest absolute Gasteiger partial charge is 0.113 e. The molecule has 0 bridgehead atoms. The van der Waals surface area contributed by atoms with E-state index in [2.05, 4.69) is 26.5 Å². The molecule has 0 spiro atoms. The zero-order chi connectivity index (χ0) is 15.7. The standard InChI is InChI=1S/C19H15N3S/c1-2-4-16(5-3-1)6-7-18-8-9-19(15-21-18)23-22-14-17-10-12-20-13-11-17/h1-5,8-13,15,22H,14H2. The molecule has 0 unspecified atom stereocenters. The van der Waals surface area contributed by atoms with E-state index in [4.69, 9.17) is 0 Å². The monoisotopic (exact) mass is 317 g/mol. The third-order valence-corrected chi connectivity index (χ3v) is 3.83. The Morgan fingerprint density at radius 1 is 0.913 bits per heavy atom. The molecular formula is C19H15N3S. The highest BCUT2D eigenvalue weighted by molar-refractivity contribution is 7.97. The third-order valence-electron chi connectivity index (χ3n) is 3.06. The fourth-order valence-electron chi connectivity index (χ4n) is 1.88. The highest BCUT2D eigenvalue weighted by Crippen LogP contribution is 2.14. The maximum atomic E-state index is 4.37. The Balaban J connectivity index is 1.54. The molecule has 0 saturated heterocycles. The molecule has 0 aliphatic heterocycles. The van der Waals surface area contributed by atoms with E-state index in [1.807, 2.05) is 60.8 Å². The number of aromatic nitrogens is 2. The van der Waals surface area contributed by atoms with Crippen LogP contribution in [0.1, 0.15) is 16.8 Å². The highest BCUT2D eigenvalue weighted by atomic mass is 32.2. The van der Waals surface area contributed by atoms with Crippen LogP contribution in [0.5, 0.6) is 0 Å². The molecule has 0 aliphatic carbocycles. The molecule has 0 saturated carbocycles. The van der Waals surface area contributed by atoms with E-state index in [0.717, 1.165) is 22.7 Å². The highest BCUT2D eigenvalue weighted by Gasteiger charge is 1.96. The summed E-state index contributed by atoms with van der Waals surface area (Å²) < 4.78 is 3.31.